The minimum atomic E-state index is -4.56. The number of esters is 2. The smallest absolute Gasteiger partial charge is 0.416 e. The molecular weight excluding hydrogens is 493 g/mol. The quantitative estimate of drug-likeness (QED) is 0.363. The number of nitrogens with zero attached hydrogens (tertiary/aromatic N) is 1. The molecule has 1 fully saturated rings. The molecular formula is C26H27F3N2O6. The van der Waals surface area contributed by atoms with E-state index in [1.54, 1.807) is 12.1 Å². The lowest BCUT2D eigenvalue weighted by atomic mass is 10.1. The summed E-state index contributed by atoms with van der Waals surface area (Å²) in [4.78, 5) is 50.4. The molecule has 0 aromatic heterocycles. The third-order valence-electron chi connectivity index (χ3n) is 5.67. The van der Waals surface area contributed by atoms with E-state index in [9.17, 15) is 32.3 Å². The topological polar surface area (TPSA) is 102 Å². The van der Waals surface area contributed by atoms with Gasteiger partial charge in [-0.2, -0.15) is 13.2 Å². The molecule has 0 spiro atoms. The first-order valence-corrected chi connectivity index (χ1v) is 11.8. The van der Waals surface area contributed by atoms with Crippen LogP contribution in [-0.2, 0) is 30.0 Å². The van der Waals surface area contributed by atoms with Crippen LogP contribution in [0, 0.1) is 5.92 Å². The van der Waals surface area contributed by atoms with Gasteiger partial charge in [-0.3, -0.25) is 14.4 Å². The van der Waals surface area contributed by atoms with Gasteiger partial charge in [0.15, 0.2) is 6.61 Å². The standard InChI is InChI=1S/C26H27F3N2O6/c1-2-3-4-12-36-24(34)17-8-10-21(11-9-17)31-15-18(13-23(31)33)25(35)37-16-22(32)30-20-7-5-6-19(14-20)26(27,28)29/h5-11,14,18H,2-4,12-13,15-16H2,1H3,(H,30,32)/t18-/m1/s1. The summed E-state index contributed by atoms with van der Waals surface area (Å²) in [7, 11) is 0. The highest BCUT2D eigenvalue weighted by Gasteiger charge is 2.36. The molecule has 0 bridgehead atoms. The summed E-state index contributed by atoms with van der Waals surface area (Å²) in [6.45, 7) is 1.69. The largest absolute Gasteiger partial charge is 0.462 e. The third-order valence-corrected chi connectivity index (χ3v) is 5.67. The Labute approximate surface area is 211 Å². The van der Waals surface area contributed by atoms with Crippen molar-refractivity contribution >= 4 is 35.1 Å². The zero-order chi connectivity index (χ0) is 27.0. The van der Waals surface area contributed by atoms with Gasteiger partial charge in [-0.15, -0.1) is 0 Å². The monoisotopic (exact) mass is 520 g/mol. The van der Waals surface area contributed by atoms with Crippen molar-refractivity contribution in [3.8, 4) is 0 Å². The van der Waals surface area contributed by atoms with Gasteiger partial charge in [0.25, 0.3) is 5.91 Å². The molecule has 1 atom stereocenters. The zero-order valence-corrected chi connectivity index (χ0v) is 20.2. The van der Waals surface area contributed by atoms with Gasteiger partial charge in [-0.25, -0.2) is 4.79 Å². The average molecular weight is 521 g/mol. The number of nitrogens with one attached hydrogen (secondary N) is 1. The summed E-state index contributed by atoms with van der Waals surface area (Å²) in [5.41, 5.74) is -0.185. The van der Waals surface area contributed by atoms with E-state index >= 15 is 0 Å². The number of halogens is 3. The van der Waals surface area contributed by atoms with Gasteiger partial charge in [-0.05, 0) is 48.9 Å². The number of carbonyl (C=O) groups excluding carboxylic acids is 4. The van der Waals surface area contributed by atoms with E-state index in [4.69, 9.17) is 9.47 Å². The molecule has 8 nitrogen and oxygen atoms in total. The second-order valence-electron chi connectivity index (χ2n) is 8.53. The van der Waals surface area contributed by atoms with Crippen LogP contribution < -0.4 is 10.2 Å². The molecule has 2 aromatic carbocycles. The van der Waals surface area contributed by atoms with Gasteiger partial charge >= 0.3 is 18.1 Å². The molecule has 37 heavy (non-hydrogen) atoms. The van der Waals surface area contributed by atoms with E-state index < -0.39 is 42.1 Å². The van der Waals surface area contributed by atoms with Crippen LogP contribution in [0.4, 0.5) is 24.5 Å². The number of carbonyl (C=O) groups is 4. The predicted molar refractivity (Wildman–Crippen MR) is 128 cm³/mol. The molecule has 1 saturated heterocycles. The maximum Gasteiger partial charge on any atom is 0.416 e. The Hall–Kier alpha value is -3.89. The molecule has 0 saturated carbocycles. The highest BCUT2D eigenvalue weighted by atomic mass is 19.4. The Kier molecular flexibility index (Phi) is 9.26. The molecule has 0 radical (unpaired) electrons. The van der Waals surface area contributed by atoms with Crippen LogP contribution in [0.5, 0.6) is 0 Å². The fraction of sp³-hybridized carbons (Fsp3) is 0.385. The Morgan fingerprint density at radius 3 is 2.46 bits per heavy atom. The fourth-order valence-corrected chi connectivity index (χ4v) is 3.72. The SMILES string of the molecule is CCCCCOC(=O)c1ccc(N2C[C@H](C(=O)OCC(=O)Nc3cccc(C(F)(F)F)c3)CC2=O)cc1. The molecule has 1 aliphatic rings. The molecule has 198 valence electrons. The van der Waals surface area contributed by atoms with E-state index in [1.807, 2.05) is 6.92 Å². The summed E-state index contributed by atoms with van der Waals surface area (Å²) < 4.78 is 48.6. The second kappa shape index (κ2) is 12.4. The number of hydrogen-bond acceptors (Lipinski definition) is 6. The number of benzene rings is 2. The number of anilines is 2. The molecule has 0 aliphatic carbocycles. The summed E-state index contributed by atoms with van der Waals surface area (Å²) >= 11 is 0. The van der Waals surface area contributed by atoms with Crippen LogP contribution in [-0.4, -0.2) is 43.5 Å². The van der Waals surface area contributed by atoms with Gasteiger partial charge in [0.1, 0.15) is 0 Å². The molecule has 11 heteroatoms. The van der Waals surface area contributed by atoms with Gasteiger partial charge < -0.3 is 19.7 Å². The van der Waals surface area contributed by atoms with Crippen LogP contribution in [0.2, 0.25) is 0 Å². The molecule has 1 aliphatic heterocycles. The van der Waals surface area contributed by atoms with Crippen LogP contribution in [0.3, 0.4) is 0 Å². The van der Waals surface area contributed by atoms with Crippen molar-refractivity contribution in [3.63, 3.8) is 0 Å². The maximum absolute atomic E-state index is 12.8. The van der Waals surface area contributed by atoms with Crippen molar-refractivity contribution in [2.45, 2.75) is 38.8 Å². The van der Waals surface area contributed by atoms with E-state index in [-0.39, 0.29) is 24.6 Å². The molecule has 2 amide bonds. The Morgan fingerprint density at radius 2 is 1.78 bits per heavy atom. The number of alkyl halides is 3. The number of rotatable bonds is 10. The van der Waals surface area contributed by atoms with E-state index in [2.05, 4.69) is 5.32 Å². The van der Waals surface area contributed by atoms with Crippen LogP contribution in [0.25, 0.3) is 0 Å². The lowest BCUT2D eigenvalue weighted by Gasteiger charge is -2.17. The second-order valence-corrected chi connectivity index (χ2v) is 8.53. The Morgan fingerprint density at radius 1 is 1.05 bits per heavy atom. The minimum Gasteiger partial charge on any atom is -0.462 e. The molecule has 2 aromatic rings. The van der Waals surface area contributed by atoms with E-state index in [1.165, 1.54) is 23.1 Å². The Bertz CT molecular complexity index is 1130. The van der Waals surface area contributed by atoms with Crippen LogP contribution in [0.1, 0.15) is 48.5 Å². The molecule has 3 rings (SSSR count). The highest BCUT2D eigenvalue weighted by Crippen LogP contribution is 2.31. The summed E-state index contributed by atoms with van der Waals surface area (Å²) in [5.74, 6) is -3.20. The number of amides is 2. The van der Waals surface area contributed by atoms with Crippen molar-refractivity contribution in [1.82, 2.24) is 0 Å². The van der Waals surface area contributed by atoms with Crippen LogP contribution in [0.15, 0.2) is 48.5 Å². The van der Waals surface area contributed by atoms with Crippen molar-refractivity contribution in [2.24, 2.45) is 5.92 Å². The number of unbranched alkanes of at least 4 members (excludes halogenated alkanes) is 2. The molecule has 1 heterocycles. The van der Waals surface area contributed by atoms with E-state index in [0.29, 0.717) is 17.9 Å². The van der Waals surface area contributed by atoms with E-state index in [0.717, 1.165) is 37.5 Å². The van der Waals surface area contributed by atoms with Crippen molar-refractivity contribution in [3.05, 3.63) is 59.7 Å². The lowest BCUT2D eigenvalue weighted by molar-refractivity contribution is -0.151. The zero-order valence-electron chi connectivity index (χ0n) is 20.2. The first-order chi connectivity index (χ1) is 17.6. The predicted octanol–water partition coefficient (Wildman–Crippen LogP) is 4.59. The van der Waals surface area contributed by atoms with Gasteiger partial charge in [0.05, 0.1) is 23.7 Å². The van der Waals surface area contributed by atoms with Gasteiger partial charge in [0.2, 0.25) is 5.91 Å². The number of ether oxygens (including phenoxy) is 2. The first kappa shape index (κ1) is 27.7. The third kappa shape index (κ3) is 7.80. The molecule has 1 N–H and O–H groups in total. The maximum atomic E-state index is 12.8. The number of hydrogen-bond donors (Lipinski definition) is 1. The van der Waals surface area contributed by atoms with Crippen molar-refractivity contribution < 1.29 is 41.8 Å². The Balaban J connectivity index is 1.49. The summed E-state index contributed by atoms with van der Waals surface area (Å²) in [6, 6.07) is 10.3. The van der Waals surface area contributed by atoms with Gasteiger partial charge in [-0.1, -0.05) is 25.8 Å². The van der Waals surface area contributed by atoms with Crippen molar-refractivity contribution in [1.29, 1.82) is 0 Å². The average Bonchev–Trinajstić information content (AvgIpc) is 3.26. The summed E-state index contributed by atoms with van der Waals surface area (Å²) in [6.07, 6.45) is -1.93. The molecule has 0 unspecified atom stereocenters. The lowest BCUT2D eigenvalue weighted by Crippen LogP contribution is -2.28. The van der Waals surface area contributed by atoms with Crippen molar-refractivity contribution in [2.75, 3.05) is 30.0 Å². The van der Waals surface area contributed by atoms with Gasteiger partial charge in [0, 0.05) is 24.3 Å². The minimum absolute atomic E-state index is 0.0216. The highest BCUT2D eigenvalue weighted by molar-refractivity contribution is 6.00. The normalized spacial score (nSPS) is 15.4. The first-order valence-electron chi connectivity index (χ1n) is 11.8. The summed E-state index contributed by atoms with van der Waals surface area (Å²) in [5, 5.41) is 2.25. The van der Waals surface area contributed by atoms with Crippen LogP contribution >= 0.6 is 0 Å². The fourth-order valence-electron chi connectivity index (χ4n) is 3.72.